The highest BCUT2D eigenvalue weighted by Gasteiger charge is 2.24. The molecule has 0 bridgehead atoms. The van der Waals surface area contributed by atoms with Crippen LogP contribution in [0.5, 0.6) is 0 Å². The SMILES string of the molecule is [N-]=[N+]=C1C(O)=CCc2ccccc21. The van der Waals surface area contributed by atoms with Gasteiger partial charge in [0.05, 0.1) is 5.56 Å². The number of aliphatic hydroxyl groups excluding tert-OH is 1. The normalized spacial score (nSPS) is 14.5. The molecule has 13 heavy (non-hydrogen) atoms. The number of allylic oxidation sites excluding steroid dienone is 2. The minimum Gasteiger partial charge on any atom is -0.502 e. The summed E-state index contributed by atoms with van der Waals surface area (Å²) in [5.74, 6) is 0.0428. The number of fused-ring (bicyclic) bond motifs is 1. The molecule has 1 aliphatic carbocycles. The maximum Gasteiger partial charge on any atom is 0.363 e. The molecule has 0 fully saturated rings. The predicted molar refractivity (Wildman–Crippen MR) is 48.6 cm³/mol. The number of nitrogens with zero attached hydrogens (tertiary/aromatic N) is 2. The largest absolute Gasteiger partial charge is 0.502 e. The van der Waals surface area contributed by atoms with Gasteiger partial charge in [0, 0.05) is 0 Å². The number of hydrogen-bond donors (Lipinski definition) is 1. The van der Waals surface area contributed by atoms with Crippen molar-refractivity contribution in [1.82, 2.24) is 0 Å². The van der Waals surface area contributed by atoms with Crippen molar-refractivity contribution in [2.75, 3.05) is 0 Å². The first kappa shape index (κ1) is 7.77. The molecule has 64 valence electrons. The highest BCUT2D eigenvalue weighted by molar-refractivity contribution is 6.09. The van der Waals surface area contributed by atoms with Gasteiger partial charge in [0.1, 0.15) is 0 Å². The van der Waals surface area contributed by atoms with Crippen LogP contribution in [0.25, 0.3) is 5.53 Å². The summed E-state index contributed by atoms with van der Waals surface area (Å²) in [5.41, 5.74) is 10.8. The Morgan fingerprint density at radius 2 is 2.08 bits per heavy atom. The highest BCUT2D eigenvalue weighted by Crippen LogP contribution is 2.18. The van der Waals surface area contributed by atoms with Gasteiger partial charge in [-0.1, -0.05) is 18.2 Å². The third kappa shape index (κ3) is 1.15. The van der Waals surface area contributed by atoms with Crippen LogP contribution in [0.2, 0.25) is 0 Å². The molecule has 1 N–H and O–H groups in total. The first-order chi connectivity index (χ1) is 6.33. The zero-order valence-electron chi connectivity index (χ0n) is 6.94. The first-order valence-electron chi connectivity index (χ1n) is 4.03. The zero-order chi connectivity index (χ0) is 9.26. The number of rotatable bonds is 0. The Balaban J connectivity index is 2.66. The van der Waals surface area contributed by atoms with Crippen molar-refractivity contribution >= 4 is 5.71 Å². The van der Waals surface area contributed by atoms with Crippen molar-refractivity contribution in [3.05, 3.63) is 52.8 Å². The van der Waals surface area contributed by atoms with Crippen molar-refractivity contribution in [2.45, 2.75) is 6.42 Å². The Kier molecular flexibility index (Phi) is 1.72. The number of benzene rings is 1. The molecule has 0 spiro atoms. The van der Waals surface area contributed by atoms with Crippen molar-refractivity contribution < 1.29 is 9.90 Å². The molecular weight excluding hydrogens is 164 g/mol. The molecule has 0 saturated heterocycles. The molecule has 0 amide bonds. The van der Waals surface area contributed by atoms with Crippen molar-refractivity contribution in [2.24, 2.45) is 0 Å². The van der Waals surface area contributed by atoms with E-state index >= 15 is 0 Å². The molecule has 1 aromatic rings. The average Bonchev–Trinajstić information content (AvgIpc) is 2.18. The summed E-state index contributed by atoms with van der Waals surface area (Å²) in [7, 11) is 0. The summed E-state index contributed by atoms with van der Waals surface area (Å²) in [4.78, 5) is 3.07. The molecule has 0 atom stereocenters. The summed E-state index contributed by atoms with van der Waals surface area (Å²) in [6.07, 6.45) is 2.32. The fourth-order valence-electron chi connectivity index (χ4n) is 1.48. The van der Waals surface area contributed by atoms with Crippen LogP contribution in [0.1, 0.15) is 11.1 Å². The molecule has 0 saturated carbocycles. The molecule has 3 heteroatoms. The minimum absolute atomic E-state index is 0.0428. The van der Waals surface area contributed by atoms with E-state index in [4.69, 9.17) is 5.53 Å². The van der Waals surface area contributed by atoms with Crippen LogP contribution < -0.4 is 0 Å². The third-order valence-corrected chi connectivity index (χ3v) is 2.13. The van der Waals surface area contributed by atoms with E-state index < -0.39 is 0 Å². The van der Waals surface area contributed by atoms with Crippen LogP contribution in [0.4, 0.5) is 0 Å². The molecule has 1 aromatic carbocycles. The number of hydrogen-bond acceptors (Lipinski definition) is 1. The van der Waals surface area contributed by atoms with Gasteiger partial charge in [-0.15, -0.1) is 0 Å². The third-order valence-electron chi connectivity index (χ3n) is 2.13. The zero-order valence-corrected chi connectivity index (χ0v) is 6.94. The standard InChI is InChI=1S/C10H8N2O/c11-12-10-8-4-2-1-3-7(8)5-6-9(10)13/h1-4,6,13H,5H2. The van der Waals surface area contributed by atoms with Crippen molar-refractivity contribution in [3.8, 4) is 0 Å². The molecule has 0 unspecified atom stereocenters. The van der Waals surface area contributed by atoms with Gasteiger partial charge in [0.15, 0.2) is 0 Å². The van der Waals surface area contributed by atoms with Crippen LogP contribution in [0.3, 0.4) is 0 Å². The predicted octanol–water partition coefficient (Wildman–Crippen LogP) is 1.70. The molecule has 0 heterocycles. The maximum atomic E-state index is 9.39. The van der Waals surface area contributed by atoms with Crippen molar-refractivity contribution in [3.63, 3.8) is 0 Å². The second kappa shape index (κ2) is 2.88. The van der Waals surface area contributed by atoms with Crippen molar-refractivity contribution in [1.29, 1.82) is 0 Å². The van der Waals surface area contributed by atoms with E-state index in [0.717, 1.165) is 11.1 Å². The lowest BCUT2D eigenvalue weighted by Crippen LogP contribution is -2.13. The maximum absolute atomic E-state index is 9.39. The van der Waals surface area contributed by atoms with Gasteiger partial charge in [0.2, 0.25) is 5.76 Å². The van der Waals surface area contributed by atoms with E-state index in [1.165, 1.54) is 0 Å². The molecule has 1 aliphatic rings. The Bertz CT molecular complexity index is 428. The Morgan fingerprint density at radius 3 is 2.85 bits per heavy atom. The van der Waals surface area contributed by atoms with Gasteiger partial charge in [-0.25, -0.2) is 0 Å². The smallest absolute Gasteiger partial charge is 0.363 e. The van der Waals surface area contributed by atoms with Gasteiger partial charge in [-0.3, -0.25) is 0 Å². The molecule has 3 nitrogen and oxygen atoms in total. The lowest BCUT2D eigenvalue weighted by atomic mass is 9.94. The second-order valence-corrected chi connectivity index (χ2v) is 2.90. The molecule has 0 aliphatic heterocycles. The summed E-state index contributed by atoms with van der Waals surface area (Å²) in [5, 5.41) is 9.39. The van der Waals surface area contributed by atoms with Gasteiger partial charge in [-0.05, 0) is 24.1 Å². The van der Waals surface area contributed by atoms with Crippen LogP contribution in [-0.4, -0.2) is 15.6 Å². The molecule has 2 rings (SSSR count). The Labute approximate surface area is 75.6 Å². The monoisotopic (exact) mass is 172 g/mol. The summed E-state index contributed by atoms with van der Waals surface area (Å²) < 4.78 is 0. The quantitative estimate of drug-likeness (QED) is 0.470. The van der Waals surface area contributed by atoms with Gasteiger partial charge >= 0.3 is 5.71 Å². The summed E-state index contributed by atoms with van der Waals surface area (Å²) in [6, 6.07) is 7.55. The van der Waals surface area contributed by atoms with E-state index in [9.17, 15) is 5.11 Å². The van der Waals surface area contributed by atoms with E-state index in [-0.39, 0.29) is 11.5 Å². The van der Waals surface area contributed by atoms with Gasteiger partial charge < -0.3 is 10.6 Å². The van der Waals surface area contributed by atoms with Crippen LogP contribution in [-0.2, 0) is 6.42 Å². The lowest BCUT2D eigenvalue weighted by molar-refractivity contribution is -0.00665. The van der Waals surface area contributed by atoms with Crippen LogP contribution >= 0.6 is 0 Å². The molecule has 0 radical (unpaired) electrons. The molecule has 0 aromatic heterocycles. The Morgan fingerprint density at radius 1 is 1.31 bits per heavy atom. The van der Waals surface area contributed by atoms with Gasteiger partial charge in [-0.2, -0.15) is 4.79 Å². The highest BCUT2D eigenvalue weighted by atomic mass is 16.3. The number of aliphatic hydroxyl groups is 1. The second-order valence-electron chi connectivity index (χ2n) is 2.90. The van der Waals surface area contributed by atoms with Gasteiger partial charge in [0.25, 0.3) is 0 Å². The Hall–Kier alpha value is -1.86. The average molecular weight is 172 g/mol. The van der Waals surface area contributed by atoms with E-state index in [0.29, 0.717) is 6.42 Å². The van der Waals surface area contributed by atoms with E-state index in [2.05, 4.69) is 4.79 Å². The lowest BCUT2D eigenvalue weighted by Gasteiger charge is -2.08. The summed E-state index contributed by atoms with van der Waals surface area (Å²) in [6.45, 7) is 0. The topological polar surface area (TPSA) is 56.6 Å². The fourth-order valence-corrected chi connectivity index (χ4v) is 1.48. The summed E-state index contributed by atoms with van der Waals surface area (Å²) >= 11 is 0. The first-order valence-corrected chi connectivity index (χ1v) is 4.03. The van der Waals surface area contributed by atoms with E-state index in [1.54, 1.807) is 6.08 Å². The molecular formula is C10H8N2O. The fraction of sp³-hybridized carbons (Fsp3) is 0.100. The van der Waals surface area contributed by atoms with E-state index in [1.807, 2.05) is 24.3 Å². The van der Waals surface area contributed by atoms with Crippen LogP contribution in [0.15, 0.2) is 36.1 Å². The van der Waals surface area contributed by atoms with Crippen LogP contribution in [0, 0.1) is 0 Å². The minimum atomic E-state index is 0.0428.